The Balaban J connectivity index is 1.29. The van der Waals surface area contributed by atoms with E-state index in [1.165, 1.54) is 11.3 Å². The van der Waals surface area contributed by atoms with Crippen LogP contribution in [0.2, 0.25) is 0 Å². The highest BCUT2D eigenvalue weighted by Gasteiger charge is 2.33. The van der Waals surface area contributed by atoms with Crippen LogP contribution in [0.25, 0.3) is 11.0 Å². The maximum Gasteiger partial charge on any atom is 0.431 e. The van der Waals surface area contributed by atoms with Gasteiger partial charge in [0.25, 0.3) is 11.5 Å². The quantitative estimate of drug-likeness (QED) is 0.583. The summed E-state index contributed by atoms with van der Waals surface area (Å²) < 4.78 is 38.5. The Kier molecular flexibility index (Phi) is 6.16. The molecule has 10 heteroatoms. The van der Waals surface area contributed by atoms with Crippen molar-refractivity contribution in [1.29, 1.82) is 0 Å². The van der Waals surface area contributed by atoms with Gasteiger partial charge in [0, 0.05) is 36.3 Å². The van der Waals surface area contributed by atoms with E-state index in [9.17, 15) is 22.8 Å². The lowest BCUT2D eigenvalue weighted by molar-refractivity contribution is -0.141. The van der Waals surface area contributed by atoms with E-state index in [1.54, 1.807) is 9.88 Å². The molecule has 2 aliphatic rings. The molecule has 5 heterocycles. The number of hydrogen-bond acceptors (Lipinski definition) is 4. The number of piperidine rings is 2. The SMILES string of the molecule is CN1CCC(c2cc3c(C4CCN(C(=O)c5ccc(C(F)(F)F)[nH]c5=O)CC4)ccnc3[nH]2)CC1. The number of likely N-dealkylation sites (tertiary alicyclic amines) is 2. The largest absolute Gasteiger partial charge is 0.431 e. The van der Waals surface area contributed by atoms with Gasteiger partial charge in [-0.05, 0) is 81.6 Å². The number of carbonyl (C=O) groups is 1. The van der Waals surface area contributed by atoms with Crippen molar-refractivity contribution in [2.75, 3.05) is 33.2 Å². The fraction of sp³-hybridized carbons (Fsp3) is 0.480. The maximum absolute atomic E-state index is 12.8. The second-order valence-corrected chi connectivity index (χ2v) is 9.64. The van der Waals surface area contributed by atoms with E-state index in [0.29, 0.717) is 31.8 Å². The van der Waals surface area contributed by atoms with Crippen LogP contribution in [0.5, 0.6) is 0 Å². The monoisotopic (exact) mass is 487 g/mol. The molecule has 35 heavy (non-hydrogen) atoms. The minimum atomic E-state index is -4.67. The van der Waals surface area contributed by atoms with Crippen molar-refractivity contribution in [3.63, 3.8) is 0 Å². The number of nitrogens with one attached hydrogen (secondary N) is 2. The van der Waals surface area contributed by atoms with Gasteiger partial charge in [0.1, 0.15) is 16.9 Å². The van der Waals surface area contributed by atoms with Gasteiger partial charge in [-0.3, -0.25) is 9.59 Å². The van der Waals surface area contributed by atoms with Crippen LogP contribution in [0.4, 0.5) is 13.2 Å². The topological polar surface area (TPSA) is 85.1 Å². The van der Waals surface area contributed by atoms with Crippen molar-refractivity contribution in [2.24, 2.45) is 0 Å². The zero-order valence-corrected chi connectivity index (χ0v) is 19.5. The predicted octanol–water partition coefficient (Wildman–Crippen LogP) is 4.10. The first-order valence-electron chi connectivity index (χ1n) is 12.0. The summed E-state index contributed by atoms with van der Waals surface area (Å²) in [6.45, 7) is 3.02. The van der Waals surface area contributed by atoms with Crippen molar-refractivity contribution >= 4 is 16.9 Å². The van der Waals surface area contributed by atoms with Crippen LogP contribution in [0.15, 0.2) is 35.3 Å². The van der Waals surface area contributed by atoms with Crippen molar-refractivity contribution in [3.05, 3.63) is 63.3 Å². The minimum Gasteiger partial charge on any atom is -0.343 e. The van der Waals surface area contributed by atoms with Crippen LogP contribution in [-0.4, -0.2) is 63.9 Å². The lowest BCUT2D eigenvalue weighted by Gasteiger charge is -2.32. The summed E-state index contributed by atoms with van der Waals surface area (Å²) in [5.41, 5.74) is 0.858. The Bertz CT molecular complexity index is 1280. The molecule has 2 fully saturated rings. The van der Waals surface area contributed by atoms with Crippen molar-refractivity contribution in [2.45, 2.75) is 43.7 Å². The van der Waals surface area contributed by atoms with Gasteiger partial charge in [-0.1, -0.05) is 0 Å². The molecule has 0 aliphatic carbocycles. The summed E-state index contributed by atoms with van der Waals surface area (Å²) in [5, 5.41) is 1.12. The third-order valence-electron chi connectivity index (χ3n) is 7.41. The zero-order valence-electron chi connectivity index (χ0n) is 19.5. The molecule has 0 aromatic carbocycles. The predicted molar refractivity (Wildman–Crippen MR) is 126 cm³/mol. The average molecular weight is 488 g/mol. The van der Waals surface area contributed by atoms with Gasteiger partial charge in [-0.2, -0.15) is 13.2 Å². The van der Waals surface area contributed by atoms with Gasteiger partial charge < -0.3 is 19.8 Å². The molecule has 0 atom stereocenters. The summed E-state index contributed by atoms with van der Waals surface area (Å²) >= 11 is 0. The number of H-pyrrole nitrogens is 2. The minimum absolute atomic E-state index is 0.233. The van der Waals surface area contributed by atoms with Crippen molar-refractivity contribution in [1.82, 2.24) is 24.8 Å². The van der Waals surface area contributed by atoms with Crippen LogP contribution in [0.1, 0.15) is 64.8 Å². The summed E-state index contributed by atoms with van der Waals surface area (Å²) in [6.07, 6.45) is 0.785. The third kappa shape index (κ3) is 4.71. The van der Waals surface area contributed by atoms with Gasteiger partial charge >= 0.3 is 6.18 Å². The number of carbonyl (C=O) groups excluding carboxylic acids is 1. The number of hydrogen-bond donors (Lipinski definition) is 2. The molecule has 2 N–H and O–H groups in total. The number of alkyl halides is 3. The molecule has 2 saturated heterocycles. The molecule has 3 aromatic rings. The molecule has 5 rings (SSSR count). The van der Waals surface area contributed by atoms with E-state index in [1.807, 2.05) is 12.3 Å². The number of aromatic amines is 2. The Labute approximate surface area is 200 Å². The number of rotatable bonds is 3. The van der Waals surface area contributed by atoms with Gasteiger partial charge in [-0.25, -0.2) is 4.98 Å². The highest BCUT2D eigenvalue weighted by molar-refractivity contribution is 5.94. The summed E-state index contributed by atoms with van der Waals surface area (Å²) in [4.78, 5) is 38.7. The molecule has 3 aromatic heterocycles. The molecule has 0 unspecified atom stereocenters. The first-order valence-corrected chi connectivity index (χ1v) is 12.0. The second-order valence-electron chi connectivity index (χ2n) is 9.64. The summed E-state index contributed by atoms with van der Waals surface area (Å²) in [7, 11) is 2.14. The summed E-state index contributed by atoms with van der Waals surface area (Å²) in [5.74, 6) is 0.190. The van der Waals surface area contributed by atoms with E-state index in [-0.39, 0.29) is 11.5 Å². The summed E-state index contributed by atoms with van der Waals surface area (Å²) in [6, 6.07) is 5.97. The van der Waals surface area contributed by atoms with Crippen molar-refractivity contribution < 1.29 is 18.0 Å². The number of nitrogens with zero attached hydrogens (tertiary/aromatic N) is 3. The number of amides is 1. The lowest BCUT2D eigenvalue weighted by Crippen LogP contribution is -2.40. The molecule has 0 saturated carbocycles. The number of halogens is 3. The fourth-order valence-electron chi connectivity index (χ4n) is 5.33. The molecular formula is C25H28F3N5O2. The number of pyridine rings is 2. The van der Waals surface area contributed by atoms with E-state index in [0.717, 1.165) is 49.1 Å². The number of aromatic nitrogens is 3. The van der Waals surface area contributed by atoms with E-state index >= 15 is 0 Å². The van der Waals surface area contributed by atoms with Gasteiger partial charge in [-0.15, -0.1) is 0 Å². The first kappa shape index (κ1) is 23.6. The van der Waals surface area contributed by atoms with Gasteiger partial charge in [0.05, 0.1) is 0 Å². The van der Waals surface area contributed by atoms with Crippen molar-refractivity contribution in [3.8, 4) is 0 Å². The van der Waals surface area contributed by atoms with E-state index in [2.05, 4.69) is 28.0 Å². The van der Waals surface area contributed by atoms with E-state index in [4.69, 9.17) is 0 Å². The van der Waals surface area contributed by atoms with Crippen LogP contribution >= 0.6 is 0 Å². The highest BCUT2D eigenvalue weighted by atomic mass is 19.4. The second kappa shape index (κ2) is 9.14. The van der Waals surface area contributed by atoms with Crippen LogP contribution in [-0.2, 0) is 6.18 Å². The maximum atomic E-state index is 12.8. The first-order chi connectivity index (χ1) is 16.7. The Morgan fingerprint density at radius 1 is 1.00 bits per heavy atom. The van der Waals surface area contributed by atoms with E-state index < -0.39 is 23.3 Å². The Morgan fingerprint density at radius 2 is 1.69 bits per heavy atom. The average Bonchev–Trinajstić information content (AvgIpc) is 3.28. The van der Waals surface area contributed by atoms with Crippen LogP contribution in [0, 0.1) is 0 Å². The lowest BCUT2D eigenvalue weighted by atomic mass is 9.87. The van der Waals surface area contributed by atoms with Crippen LogP contribution in [0.3, 0.4) is 0 Å². The molecule has 7 nitrogen and oxygen atoms in total. The highest BCUT2D eigenvalue weighted by Crippen LogP contribution is 2.36. The molecule has 1 amide bonds. The Morgan fingerprint density at radius 3 is 2.34 bits per heavy atom. The molecular weight excluding hydrogens is 459 g/mol. The van der Waals surface area contributed by atoms with Crippen LogP contribution < -0.4 is 5.56 Å². The molecule has 0 radical (unpaired) electrons. The van der Waals surface area contributed by atoms with Gasteiger partial charge in [0.2, 0.25) is 0 Å². The smallest absolute Gasteiger partial charge is 0.343 e. The third-order valence-corrected chi connectivity index (χ3v) is 7.41. The standard InChI is InChI=1S/C25H28F3N5O2/c1-32-10-5-16(6-11-32)20-14-19-17(4-9-29-22(19)30-20)15-7-12-33(13-8-15)24(35)18-2-3-21(25(26,27)28)31-23(18)34/h2-4,9,14-16H,5-8,10-13H2,1H3,(H,29,30)(H,31,34). The Hall–Kier alpha value is -3.14. The van der Waals surface area contributed by atoms with Gasteiger partial charge in [0.15, 0.2) is 0 Å². The number of fused-ring (bicyclic) bond motifs is 1. The molecule has 0 spiro atoms. The molecule has 0 bridgehead atoms. The zero-order chi connectivity index (χ0) is 24.7. The molecule has 2 aliphatic heterocycles. The fourth-order valence-corrected chi connectivity index (χ4v) is 5.33. The normalized spacial score (nSPS) is 18.9. The molecule has 186 valence electrons.